The average Bonchev–Trinajstić information content (AvgIpc) is 1.91. The van der Waals surface area contributed by atoms with Crippen molar-refractivity contribution in [3.63, 3.8) is 0 Å². The highest BCUT2D eigenvalue weighted by Crippen LogP contribution is 1.64. The molecule has 0 aliphatic heterocycles. The molecule has 0 saturated heterocycles. The van der Waals surface area contributed by atoms with Crippen molar-refractivity contribution >= 4 is 10.7 Å². The number of hydrogen-bond acceptors (Lipinski definition) is 3. The van der Waals surface area contributed by atoms with E-state index in [1.165, 1.54) is 0 Å². The van der Waals surface area contributed by atoms with Crippen LogP contribution in [-0.4, -0.2) is 27.4 Å². The first kappa shape index (κ1) is 12.6. The van der Waals surface area contributed by atoms with Gasteiger partial charge in [0.15, 0.2) is 0 Å². The number of hydrogen-bond donors (Lipinski definition) is 1. The molecule has 0 aliphatic rings. The van der Waals surface area contributed by atoms with Gasteiger partial charge >= 0.3 is 0 Å². The summed E-state index contributed by atoms with van der Waals surface area (Å²) in [5.74, 6) is 0.259. The van der Waals surface area contributed by atoms with E-state index in [0.29, 0.717) is 0 Å². The van der Waals surface area contributed by atoms with Crippen LogP contribution in [0.5, 0.6) is 0 Å². The lowest BCUT2D eigenvalue weighted by molar-refractivity contribution is 0.162. The fourth-order valence-corrected chi connectivity index (χ4v) is 0.204. The Kier molecular flexibility index (Phi) is 14.7. The molecule has 10 heavy (non-hydrogen) atoms. The van der Waals surface area contributed by atoms with Gasteiger partial charge < -0.3 is 4.74 Å². The van der Waals surface area contributed by atoms with Gasteiger partial charge in [0.05, 0.1) is 0 Å². The Balaban J connectivity index is 0. The Hall–Kier alpha value is -0.0900. The van der Waals surface area contributed by atoms with E-state index >= 15 is 0 Å². The normalized spacial score (nSPS) is 8.80. The highest BCUT2D eigenvalue weighted by molar-refractivity contribution is 7.72. The quantitative estimate of drug-likeness (QED) is 0.630. The largest absolute Gasteiger partial charge is 0.382 e. The van der Waals surface area contributed by atoms with Crippen molar-refractivity contribution in [2.24, 2.45) is 0 Å². The van der Waals surface area contributed by atoms with Gasteiger partial charge in [-0.25, -0.2) is 8.42 Å². The SMILES string of the molecule is CCOCC.CC[SH](=O)=O. The van der Waals surface area contributed by atoms with Crippen LogP contribution in [0.15, 0.2) is 0 Å². The van der Waals surface area contributed by atoms with E-state index in [1.807, 2.05) is 13.8 Å². The maximum absolute atomic E-state index is 9.41. The maximum Gasteiger partial charge on any atom is 0.139 e. The Morgan fingerprint density at radius 1 is 1.10 bits per heavy atom. The van der Waals surface area contributed by atoms with Crippen molar-refractivity contribution in [3.05, 3.63) is 0 Å². The van der Waals surface area contributed by atoms with Crippen molar-refractivity contribution < 1.29 is 13.2 Å². The van der Waals surface area contributed by atoms with Gasteiger partial charge in [-0.3, -0.25) is 0 Å². The summed E-state index contributed by atoms with van der Waals surface area (Å²) in [6.45, 7) is 7.27. The van der Waals surface area contributed by atoms with Crippen LogP contribution in [0.25, 0.3) is 0 Å². The lowest BCUT2D eigenvalue weighted by atomic mass is 10.8. The zero-order chi connectivity index (χ0) is 8.41. The minimum absolute atomic E-state index is 0.259. The molecule has 0 unspecified atom stereocenters. The standard InChI is InChI=1S/C4H10O.C2H6O2S/c1-3-5-4-2;1-2-5(3)4/h3-4H2,1-2H3;5H,2H2,1H3. The molecule has 0 saturated carbocycles. The first-order valence-corrected chi connectivity index (χ1v) is 4.74. The van der Waals surface area contributed by atoms with Crippen LogP contribution in [0, 0.1) is 0 Å². The first-order chi connectivity index (χ1) is 4.68. The van der Waals surface area contributed by atoms with E-state index < -0.39 is 10.7 Å². The van der Waals surface area contributed by atoms with Crippen molar-refractivity contribution in [1.82, 2.24) is 0 Å². The summed E-state index contributed by atoms with van der Waals surface area (Å²) in [4.78, 5) is 0. The predicted octanol–water partition coefficient (Wildman–Crippen LogP) is 0.661. The molecule has 0 fully saturated rings. The molecule has 0 bridgehead atoms. The van der Waals surface area contributed by atoms with Crippen LogP contribution in [0.2, 0.25) is 0 Å². The molecule has 64 valence electrons. The Morgan fingerprint density at radius 2 is 1.40 bits per heavy atom. The highest BCUT2D eigenvalue weighted by atomic mass is 32.2. The van der Waals surface area contributed by atoms with E-state index in [9.17, 15) is 8.42 Å². The van der Waals surface area contributed by atoms with Crippen LogP contribution in [0.4, 0.5) is 0 Å². The summed E-state index contributed by atoms with van der Waals surface area (Å²) in [6.07, 6.45) is 0. The maximum atomic E-state index is 9.41. The predicted molar refractivity (Wildman–Crippen MR) is 43.0 cm³/mol. The zero-order valence-electron chi connectivity index (χ0n) is 6.79. The van der Waals surface area contributed by atoms with Crippen LogP contribution >= 0.6 is 0 Å². The van der Waals surface area contributed by atoms with Gasteiger partial charge in [0.1, 0.15) is 10.7 Å². The van der Waals surface area contributed by atoms with Crippen LogP contribution in [-0.2, 0) is 15.4 Å². The van der Waals surface area contributed by atoms with E-state index in [0.717, 1.165) is 13.2 Å². The number of thiol groups is 1. The molecule has 0 aliphatic carbocycles. The molecular weight excluding hydrogens is 152 g/mol. The minimum Gasteiger partial charge on any atom is -0.382 e. The molecule has 0 N–H and O–H groups in total. The third-order valence-electron chi connectivity index (χ3n) is 0.666. The first-order valence-electron chi connectivity index (χ1n) is 3.38. The second kappa shape index (κ2) is 11.7. The van der Waals surface area contributed by atoms with Crippen molar-refractivity contribution in [2.75, 3.05) is 19.0 Å². The molecule has 0 aromatic carbocycles. The molecule has 0 amide bonds. The average molecular weight is 168 g/mol. The Bertz CT molecular complexity index is 99.6. The molecule has 0 aromatic rings. The monoisotopic (exact) mass is 168 g/mol. The molecule has 0 radical (unpaired) electrons. The molecule has 0 heterocycles. The van der Waals surface area contributed by atoms with Crippen LogP contribution in [0.3, 0.4) is 0 Å². The van der Waals surface area contributed by atoms with Crippen molar-refractivity contribution in [2.45, 2.75) is 20.8 Å². The van der Waals surface area contributed by atoms with Crippen molar-refractivity contribution in [3.8, 4) is 0 Å². The van der Waals surface area contributed by atoms with Gasteiger partial charge in [-0.2, -0.15) is 0 Å². The topological polar surface area (TPSA) is 43.4 Å². The Morgan fingerprint density at radius 3 is 1.40 bits per heavy atom. The summed E-state index contributed by atoms with van der Waals surface area (Å²) < 4.78 is 23.6. The summed E-state index contributed by atoms with van der Waals surface area (Å²) in [6, 6.07) is 0. The fourth-order valence-electron chi connectivity index (χ4n) is 0.204. The van der Waals surface area contributed by atoms with Gasteiger partial charge in [0.25, 0.3) is 0 Å². The molecule has 0 atom stereocenters. The van der Waals surface area contributed by atoms with Gasteiger partial charge in [-0.1, -0.05) is 6.92 Å². The molecular formula is C6H16O3S. The second-order valence-electron chi connectivity index (χ2n) is 1.43. The fraction of sp³-hybridized carbons (Fsp3) is 1.00. The summed E-state index contributed by atoms with van der Waals surface area (Å²) in [5.41, 5.74) is 0. The van der Waals surface area contributed by atoms with Gasteiger partial charge in [0, 0.05) is 19.0 Å². The third kappa shape index (κ3) is 24.7. The molecule has 4 heteroatoms. The van der Waals surface area contributed by atoms with Gasteiger partial charge in [-0.15, -0.1) is 0 Å². The molecule has 0 spiro atoms. The third-order valence-corrected chi connectivity index (χ3v) is 1.18. The summed E-state index contributed by atoms with van der Waals surface area (Å²) in [5, 5.41) is 0. The summed E-state index contributed by atoms with van der Waals surface area (Å²) >= 11 is 0. The zero-order valence-corrected chi connectivity index (χ0v) is 7.69. The van der Waals surface area contributed by atoms with Crippen LogP contribution in [0.1, 0.15) is 20.8 Å². The molecule has 3 nitrogen and oxygen atoms in total. The lowest BCUT2D eigenvalue weighted by Crippen LogP contribution is -1.84. The van der Waals surface area contributed by atoms with Gasteiger partial charge in [0.2, 0.25) is 0 Å². The second-order valence-corrected chi connectivity index (χ2v) is 2.73. The number of ether oxygens (including phenoxy) is 1. The van der Waals surface area contributed by atoms with Gasteiger partial charge in [-0.05, 0) is 13.8 Å². The smallest absolute Gasteiger partial charge is 0.139 e. The lowest BCUT2D eigenvalue weighted by Gasteiger charge is -1.86. The van der Waals surface area contributed by atoms with Crippen LogP contribution < -0.4 is 0 Å². The van der Waals surface area contributed by atoms with E-state index in [1.54, 1.807) is 6.92 Å². The van der Waals surface area contributed by atoms with E-state index in [2.05, 4.69) is 0 Å². The van der Waals surface area contributed by atoms with Crippen molar-refractivity contribution in [1.29, 1.82) is 0 Å². The van der Waals surface area contributed by atoms with E-state index in [-0.39, 0.29) is 5.75 Å². The molecule has 0 rings (SSSR count). The highest BCUT2D eigenvalue weighted by Gasteiger charge is 1.65. The Labute approximate surface area is 64.3 Å². The van der Waals surface area contributed by atoms with E-state index in [4.69, 9.17) is 4.74 Å². The minimum atomic E-state index is -2.10. The summed E-state index contributed by atoms with van der Waals surface area (Å²) in [7, 11) is -2.10. The number of rotatable bonds is 3. The molecule has 0 aromatic heterocycles.